The Labute approximate surface area is 93.1 Å². The first kappa shape index (κ1) is 9.63. The van der Waals surface area contributed by atoms with Crippen LogP contribution in [-0.2, 0) is 0 Å². The molecule has 0 saturated heterocycles. The third kappa shape index (κ3) is 1.45. The predicted octanol–water partition coefficient (Wildman–Crippen LogP) is 2.30. The molecule has 0 aromatic carbocycles. The summed E-state index contributed by atoms with van der Waals surface area (Å²) in [6.45, 7) is 0. The highest BCUT2D eigenvalue weighted by atomic mass is 16.1. The van der Waals surface area contributed by atoms with Crippen LogP contribution < -0.4 is 5.56 Å². The van der Waals surface area contributed by atoms with Crippen molar-refractivity contribution in [2.24, 2.45) is 0 Å². The van der Waals surface area contributed by atoms with E-state index in [1.54, 1.807) is 6.20 Å². The molecule has 2 aromatic rings. The second kappa shape index (κ2) is 3.77. The van der Waals surface area contributed by atoms with Gasteiger partial charge in [0.1, 0.15) is 0 Å². The van der Waals surface area contributed by atoms with Crippen LogP contribution in [0.4, 0.5) is 0 Å². The molecule has 1 saturated carbocycles. The van der Waals surface area contributed by atoms with E-state index in [-0.39, 0.29) is 5.56 Å². The highest BCUT2D eigenvalue weighted by Crippen LogP contribution is 2.34. The van der Waals surface area contributed by atoms with Crippen molar-refractivity contribution in [2.45, 2.75) is 38.0 Å². The van der Waals surface area contributed by atoms with E-state index in [4.69, 9.17) is 0 Å². The van der Waals surface area contributed by atoms with Gasteiger partial charge in [-0.3, -0.25) is 9.89 Å². The number of aromatic amines is 2. The van der Waals surface area contributed by atoms with Gasteiger partial charge in [-0.1, -0.05) is 19.3 Å². The molecule has 84 valence electrons. The molecule has 4 heteroatoms. The minimum atomic E-state index is -0.101. The molecule has 1 fully saturated rings. The third-order valence-electron chi connectivity index (χ3n) is 3.53. The van der Waals surface area contributed by atoms with Crippen molar-refractivity contribution in [3.8, 4) is 0 Å². The second-order valence-electron chi connectivity index (χ2n) is 4.54. The standard InChI is InChI=1S/C12H15N3O/c16-12-11-9(6-7-13-12)10(14-15-11)8-4-2-1-3-5-8/h6-8H,1-5H2,(H,13,16)(H,14,15). The Morgan fingerprint density at radius 2 is 2.06 bits per heavy atom. The summed E-state index contributed by atoms with van der Waals surface area (Å²) in [5.41, 5.74) is 1.60. The lowest BCUT2D eigenvalue weighted by molar-refractivity contribution is 0.438. The molecule has 2 N–H and O–H groups in total. The lowest BCUT2D eigenvalue weighted by atomic mass is 9.86. The second-order valence-corrected chi connectivity index (χ2v) is 4.54. The van der Waals surface area contributed by atoms with Gasteiger partial charge in [-0.15, -0.1) is 0 Å². The highest BCUT2D eigenvalue weighted by Gasteiger charge is 2.20. The SMILES string of the molecule is O=c1[nH]ccc2c(C3CCCCC3)[nH]nc12. The van der Waals surface area contributed by atoms with E-state index in [9.17, 15) is 4.79 Å². The number of nitrogens with zero attached hydrogens (tertiary/aromatic N) is 1. The van der Waals surface area contributed by atoms with E-state index in [0.29, 0.717) is 11.4 Å². The first-order valence-electron chi connectivity index (χ1n) is 5.92. The molecule has 0 amide bonds. The van der Waals surface area contributed by atoms with Gasteiger partial charge >= 0.3 is 0 Å². The number of rotatable bonds is 1. The zero-order valence-electron chi connectivity index (χ0n) is 9.12. The summed E-state index contributed by atoms with van der Waals surface area (Å²) < 4.78 is 0. The van der Waals surface area contributed by atoms with Crippen molar-refractivity contribution in [2.75, 3.05) is 0 Å². The smallest absolute Gasteiger partial charge is 0.276 e. The van der Waals surface area contributed by atoms with Gasteiger partial charge in [-0.05, 0) is 18.9 Å². The van der Waals surface area contributed by atoms with Gasteiger partial charge in [0, 0.05) is 23.2 Å². The van der Waals surface area contributed by atoms with Gasteiger partial charge < -0.3 is 4.98 Å². The van der Waals surface area contributed by atoms with Crippen molar-refractivity contribution >= 4 is 10.9 Å². The third-order valence-corrected chi connectivity index (χ3v) is 3.53. The lowest BCUT2D eigenvalue weighted by Crippen LogP contribution is -2.06. The number of pyridine rings is 1. The predicted molar refractivity (Wildman–Crippen MR) is 62.5 cm³/mol. The van der Waals surface area contributed by atoms with Gasteiger partial charge in [0.25, 0.3) is 5.56 Å². The van der Waals surface area contributed by atoms with Crippen molar-refractivity contribution in [3.63, 3.8) is 0 Å². The fourth-order valence-electron chi connectivity index (χ4n) is 2.68. The molecule has 16 heavy (non-hydrogen) atoms. The Morgan fingerprint density at radius 3 is 2.88 bits per heavy atom. The Hall–Kier alpha value is -1.58. The Morgan fingerprint density at radius 1 is 1.25 bits per heavy atom. The first-order chi connectivity index (χ1) is 7.86. The summed E-state index contributed by atoms with van der Waals surface area (Å²) in [4.78, 5) is 14.2. The van der Waals surface area contributed by atoms with Gasteiger partial charge in [0.15, 0.2) is 5.52 Å². The Bertz CT molecular complexity index is 549. The lowest BCUT2D eigenvalue weighted by Gasteiger charge is -2.20. The minimum absolute atomic E-state index is 0.101. The van der Waals surface area contributed by atoms with Crippen molar-refractivity contribution < 1.29 is 0 Å². The molecule has 4 nitrogen and oxygen atoms in total. The molecule has 1 aliphatic carbocycles. The number of nitrogens with one attached hydrogen (secondary N) is 2. The van der Waals surface area contributed by atoms with Crippen LogP contribution in [0.2, 0.25) is 0 Å². The number of hydrogen-bond donors (Lipinski definition) is 2. The van der Waals surface area contributed by atoms with Crippen LogP contribution in [-0.4, -0.2) is 15.2 Å². The van der Waals surface area contributed by atoms with Crippen LogP contribution in [0.15, 0.2) is 17.1 Å². The van der Waals surface area contributed by atoms with E-state index in [0.717, 1.165) is 11.1 Å². The van der Waals surface area contributed by atoms with Gasteiger partial charge in [0.2, 0.25) is 0 Å². The van der Waals surface area contributed by atoms with Crippen LogP contribution in [0.1, 0.15) is 43.7 Å². The molecular formula is C12H15N3O. The molecule has 0 radical (unpaired) electrons. The molecule has 2 aromatic heterocycles. The molecule has 2 heterocycles. The molecule has 3 rings (SSSR count). The summed E-state index contributed by atoms with van der Waals surface area (Å²) >= 11 is 0. The maximum Gasteiger partial charge on any atom is 0.276 e. The quantitative estimate of drug-likeness (QED) is 0.769. The van der Waals surface area contributed by atoms with E-state index < -0.39 is 0 Å². The Balaban J connectivity index is 2.10. The molecular weight excluding hydrogens is 202 g/mol. The average molecular weight is 217 g/mol. The number of fused-ring (bicyclic) bond motifs is 1. The van der Waals surface area contributed by atoms with Crippen LogP contribution in [0, 0.1) is 0 Å². The molecule has 0 atom stereocenters. The minimum Gasteiger partial charge on any atom is -0.327 e. The van der Waals surface area contributed by atoms with E-state index in [1.165, 1.54) is 32.1 Å². The summed E-state index contributed by atoms with van der Waals surface area (Å²) in [6, 6.07) is 1.95. The van der Waals surface area contributed by atoms with Crippen molar-refractivity contribution in [3.05, 3.63) is 28.3 Å². The number of aromatic nitrogens is 3. The van der Waals surface area contributed by atoms with Crippen LogP contribution >= 0.6 is 0 Å². The maximum atomic E-state index is 11.5. The van der Waals surface area contributed by atoms with Crippen LogP contribution in [0.3, 0.4) is 0 Å². The van der Waals surface area contributed by atoms with Gasteiger partial charge in [-0.2, -0.15) is 5.10 Å². The summed E-state index contributed by atoms with van der Waals surface area (Å²) in [5, 5.41) is 8.17. The average Bonchev–Trinajstić information content (AvgIpc) is 2.75. The van der Waals surface area contributed by atoms with Gasteiger partial charge in [-0.25, -0.2) is 0 Å². The number of hydrogen-bond acceptors (Lipinski definition) is 2. The summed E-state index contributed by atoms with van der Waals surface area (Å²) in [7, 11) is 0. The fraction of sp³-hybridized carbons (Fsp3) is 0.500. The summed E-state index contributed by atoms with van der Waals surface area (Å²) in [5.74, 6) is 0.556. The largest absolute Gasteiger partial charge is 0.327 e. The van der Waals surface area contributed by atoms with E-state index >= 15 is 0 Å². The molecule has 0 spiro atoms. The normalized spacial score (nSPS) is 18.0. The maximum absolute atomic E-state index is 11.5. The fourth-order valence-corrected chi connectivity index (χ4v) is 2.68. The molecule has 0 unspecified atom stereocenters. The monoisotopic (exact) mass is 217 g/mol. The van der Waals surface area contributed by atoms with Crippen molar-refractivity contribution in [1.29, 1.82) is 0 Å². The zero-order chi connectivity index (χ0) is 11.0. The van der Waals surface area contributed by atoms with Crippen molar-refractivity contribution in [1.82, 2.24) is 15.2 Å². The molecule has 0 bridgehead atoms. The topological polar surface area (TPSA) is 61.5 Å². The molecule has 1 aliphatic rings. The first-order valence-corrected chi connectivity index (χ1v) is 5.92. The van der Waals surface area contributed by atoms with Crippen LogP contribution in [0.25, 0.3) is 10.9 Å². The zero-order valence-corrected chi connectivity index (χ0v) is 9.12. The van der Waals surface area contributed by atoms with Crippen LogP contribution in [0.5, 0.6) is 0 Å². The number of H-pyrrole nitrogens is 2. The highest BCUT2D eigenvalue weighted by molar-refractivity contribution is 5.80. The van der Waals surface area contributed by atoms with Gasteiger partial charge in [0.05, 0.1) is 0 Å². The molecule has 0 aliphatic heterocycles. The summed E-state index contributed by atoms with van der Waals surface area (Å²) in [6.07, 6.45) is 8.03. The van der Waals surface area contributed by atoms with E-state index in [1.807, 2.05) is 6.07 Å². The van der Waals surface area contributed by atoms with E-state index in [2.05, 4.69) is 15.2 Å². The Kier molecular flexibility index (Phi) is 2.27.